The van der Waals surface area contributed by atoms with Crippen molar-refractivity contribution in [3.8, 4) is 0 Å². The van der Waals surface area contributed by atoms with Crippen LogP contribution in [0.5, 0.6) is 0 Å². The Labute approximate surface area is 380 Å². The highest BCUT2D eigenvalue weighted by Gasteiger charge is 2.59. The fourth-order valence-electron chi connectivity index (χ4n) is 8.56. The predicted octanol–water partition coefficient (Wildman–Crippen LogP) is 3.25. The standard InChI is InChI=1S/C47H68O18/c1-10-31(50)13-11-12-14-39(52)63-43-30(21-41(54)59-9)20-34-24-37(27(2)48)62-42(55)23-32(51)22-35-25-38(60-28(3)49)45(6,7)46(56,64-35)26-36-18-29(19-40(53)58-8)17-33(61-36)15-16-44(4,5)47(43,57)65-34/h11-16,19,21,27,31-38,43,48,50-51,56-57H,10,17-18,20,22-26H2,1-9H3/b13-11+,14-12+,16-15-,29-19+,30-21?/t27-,31?,32-,33+,34+,35-,36+,37-,38+,43+,46+,47-/m1/s1. The number of hydrogen-bond acceptors (Lipinski definition) is 18. The molecule has 0 aromatic carbocycles. The van der Waals surface area contributed by atoms with Gasteiger partial charge in [0, 0.05) is 56.3 Å². The molecule has 0 spiro atoms. The molecule has 4 heterocycles. The maximum absolute atomic E-state index is 13.4. The maximum Gasteiger partial charge on any atom is 0.331 e. The third-order valence-corrected chi connectivity index (χ3v) is 12.5. The van der Waals surface area contributed by atoms with Crippen LogP contribution in [0.2, 0.25) is 0 Å². The first-order valence-electron chi connectivity index (χ1n) is 22.0. The van der Waals surface area contributed by atoms with Crippen LogP contribution in [0.3, 0.4) is 0 Å². The van der Waals surface area contributed by atoms with E-state index >= 15 is 0 Å². The largest absolute Gasteiger partial charge is 0.466 e. The second kappa shape index (κ2) is 22.5. The molecule has 18 nitrogen and oxygen atoms in total. The van der Waals surface area contributed by atoms with Crippen molar-refractivity contribution in [3.63, 3.8) is 0 Å². The number of esters is 5. The first-order chi connectivity index (χ1) is 30.3. The van der Waals surface area contributed by atoms with Gasteiger partial charge in [-0.05, 0) is 38.2 Å². The minimum atomic E-state index is -2.51. The highest BCUT2D eigenvalue weighted by Crippen LogP contribution is 2.50. The van der Waals surface area contributed by atoms with E-state index in [-0.39, 0.29) is 50.5 Å². The Morgan fingerprint density at radius 2 is 1.54 bits per heavy atom. The van der Waals surface area contributed by atoms with Gasteiger partial charge < -0.3 is 63.4 Å². The van der Waals surface area contributed by atoms with E-state index in [1.807, 2.05) is 0 Å². The number of fused-ring (bicyclic) bond motifs is 6. The first-order valence-corrected chi connectivity index (χ1v) is 22.0. The van der Waals surface area contributed by atoms with Crippen LogP contribution in [-0.4, -0.2) is 142 Å². The van der Waals surface area contributed by atoms with Gasteiger partial charge in [-0.3, -0.25) is 9.59 Å². The minimum Gasteiger partial charge on any atom is -0.466 e. The van der Waals surface area contributed by atoms with Crippen molar-refractivity contribution in [1.29, 1.82) is 0 Å². The number of carbonyl (C=O) groups excluding carboxylic acids is 5. The number of carbonyl (C=O) groups is 5. The minimum absolute atomic E-state index is 0.0623. The molecule has 1 unspecified atom stereocenters. The summed E-state index contributed by atoms with van der Waals surface area (Å²) in [6.45, 7) is 10.9. The number of allylic oxidation sites excluding steroid dienone is 2. The van der Waals surface area contributed by atoms with E-state index in [0.29, 0.717) is 12.0 Å². The second-order valence-electron chi connectivity index (χ2n) is 18.4. The summed E-state index contributed by atoms with van der Waals surface area (Å²) in [6, 6.07) is 0. The Balaban J connectivity index is 1.89. The summed E-state index contributed by atoms with van der Waals surface area (Å²) in [5, 5.41) is 57.4. The van der Waals surface area contributed by atoms with E-state index in [4.69, 9.17) is 37.9 Å². The fourth-order valence-corrected chi connectivity index (χ4v) is 8.56. The quantitative estimate of drug-likeness (QED) is 0.0731. The number of aliphatic hydroxyl groups excluding tert-OH is 3. The van der Waals surface area contributed by atoms with E-state index < -0.39 is 120 Å². The topological polar surface area (TPSA) is 260 Å². The molecule has 12 atom stereocenters. The molecule has 3 saturated heterocycles. The second-order valence-corrected chi connectivity index (χ2v) is 18.4. The number of hydrogen-bond donors (Lipinski definition) is 5. The van der Waals surface area contributed by atoms with Gasteiger partial charge in [-0.15, -0.1) is 0 Å². The maximum atomic E-state index is 13.4. The number of ether oxygens (including phenoxy) is 8. The molecular formula is C47H68O18. The summed E-state index contributed by atoms with van der Waals surface area (Å²) in [5.41, 5.74) is -2.16. The summed E-state index contributed by atoms with van der Waals surface area (Å²) in [4.78, 5) is 64.7. The van der Waals surface area contributed by atoms with Gasteiger partial charge in [-0.2, -0.15) is 0 Å². The van der Waals surface area contributed by atoms with Crippen LogP contribution in [0.15, 0.2) is 59.8 Å². The molecule has 65 heavy (non-hydrogen) atoms. The predicted molar refractivity (Wildman–Crippen MR) is 230 cm³/mol. The van der Waals surface area contributed by atoms with Crippen molar-refractivity contribution in [2.45, 2.75) is 179 Å². The van der Waals surface area contributed by atoms with Crippen LogP contribution in [0.4, 0.5) is 0 Å². The average molecular weight is 921 g/mol. The van der Waals surface area contributed by atoms with Crippen molar-refractivity contribution in [3.05, 3.63) is 59.8 Å². The molecule has 0 aromatic rings. The Morgan fingerprint density at radius 3 is 2.17 bits per heavy atom. The molecule has 18 heteroatoms. The van der Waals surface area contributed by atoms with E-state index in [1.165, 1.54) is 45.3 Å². The van der Waals surface area contributed by atoms with Gasteiger partial charge in [-0.25, -0.2) is 14.4 Å². The van der Waals surface area contributed by atoms with Gasteiger partial charge in [-0.1, -0.05) is 70.6 Å². The average Bonchev–Trinajstić information content (AvgIpc) is 3.20. The molecule has 0 saturated carbocycles. The molecule has 4 aliphatic rings. The highest BCUT2D eigenvalue weighted by atomic mass is 16.7. The van der Waals surface area contributed by atoms with Crippen molar-refractivity contribution in [2.75, 3.05) is 14.2 Å². The van der Waals surface area contributed by atoms with Crippen LogP contribution >= 0.6 is 0 Å². The smallest absolute Gasteiger partial charge is 0.331 e. The number of rotatable bonds is 9. The van der Waals surface area contributed by atoms with Crippen LogP contribution < -0.4 is 0 Å². The van der Waals surface area contributed by atoms with Gasteiger partial charge in [0.1, 0.15) is 12.2 Å². The zero-order valence-corrected chi connectivity index (χ0v) is 38.8. The lowest BCUT2D eigenvalue weighted by Gasteiger charge is -2.53. The van der Waals surface area contributed by atoms with Crippen molar-refractivity contribution >= 4 is 29.8 Å². The van der Waals surface area contributed by atoms with Crippen molar-refractivity contribution in [2.24, 2.45) is 10.8 Å². The molecule has 3 fully saturated rings. The summed E-state index contributed by atoms with van der Waals surface area (Å²) < 4.78 is 46.6. The first kappa shape index (κ1) is 53.3. The van der Waals surface area contributed by atoms with Crippen LogP contribution in [0.1, 0.15) is 106 Å². The molecule has 4 aliphatic heterocycles. The lowest BCUT2D eigenvalue weighted by Crippen LogP contribution is -2.62. The number of methoxy groups -OCH3 is 2. The van der Waals surface area contributed by atoms with Crippen LogP contribution in [-0.2, 0) is 61.9 Å². The summed E-state index contributed by atoms with van der Waals surface area (Å²) in [5.74, 6) is -8.52. The normalized spacial score (nSPS) is 35.9. The number of cyclic esters (lactones) is 1. The Bertz CT molecular complexity index is 1860. The number of aliphatic hydroxyl groups is 5. The molecule has 0 aliphatic carbocycles. The van der Waals surface area contributed by atoms with Crippen LogP contribution in [0, 0.1) is 10.8 Å². The van der Waals surface area contributed by atoms with E-state index in [1.54, 1.807) is 46.8 Å². The van der Waals surface area contributed by atoms with Gasteiger partial charge in [0.25, 0.3) is 0 Å². The SMILES string of the molecule is CCC(O)/C=C/C=C/C(=O)O[C@H]1C(=CC(=O)OC)C[C@H]2C[C@H]([C@@H](C)O)OC(=O)C[C@H](O)C[C@@H]3C[C@H](OC(C)=O)C(C)(C)[C@](O)(C[C@@H]4C/C(=C/C(=O)OC)C[C@H](/C=C\C(C)(C)[C@]1(O)O2)O4)O3. The molecule has 0 radical (unpaired) electrons. The summed E-state index contributed by atoms with van der Waals surface area (Å²) in [7, 11) is 2.38. The molecule has 5 N–H and O–H groups in total. The van der Waals surface area contributed by atoms with Crippen LogP contribution in [0.25, 0.3) is 0 Å². The molecule has 4 rings (SSSR count). The van der Waals surface area contributed by atoms with E-state index in [9.17, 15) is 49.5 Å². The Morgan fingerprint density at radius 1 is 0.862 bits per heavy atom. The summed E-state index contributed by atoms with van der Waals surface area (Å²) >= 11 is 0. The Kier molecular flexibility index (Phi) is 18.5. The lowest BCUT2D eigenvalue weighted by atomic mass is 9.70. The summed E-state index contributed by atoms with van der Waals surface area (Å²) in [6.07, 6.45) is -0.770. The fraction of sp³-hybridized carbons (Fsp3) is 0.681. The van der Waals surface area contributed by atoms with Gasteiger partial charge >= 0.3 is 29.8 Å². The molecule has 6 bridgehead atoms. The van der Waals surface area contributed by atoms with Crippen molar-refractivity contribution in [1.82, 2.24) is 0 Å². The van der Waals surface area contributed by atoms with E-state index in [0.717, 1.165) is 19.3 Å². The molecular weight excluding hydrogens is 852 g/mol. The zero-order chi connectivity index (χ0) is 48.5. The van der Waals surface area contributed by atoms with Crippen molar-refractivity contribution < 1.29 is 87.4 Å². The lowest BCUT2D eigenvalue weighted by molar-refractivity contribution is -0.348. The van der Waals surface area contributed by atoms with E-state index in [2.05, 4.69) is 0 Å². The zero-order valence-electron chi connectivity index (χ0n) is 38.8. The van der Waals surface area contributed by atoms with Gasteiger partial charge in [0.2, 0.25) is 5.79 Å². The van der Waals surface area contributed by atoms with Gasteiger partial charge in [0.05, 0.1) is 68.8 Å². The van der Waals surface area contributed by atoms with Gasteiger partial charge in [0.15, 0.2) is 11.9 Å². The molecule has 0 amide bonds. The third kappa shape index (κ3) is 13.9. The molecule has 364 valence electrons. The monoisotopic (exact) mass is 920 g/mol. The Hall–Kier alpha value is -4.27. The molecule has 0 aromatic heterocycles. The third-order valence-electron chi connectivity index (χ3n) is 12.5. The highest BCUT2D eigenvalue weighted by molar-refractivity contribution is 5.85.